The molecule has 0 atom stereocenters. The Labute approximate surface area is 94.0 Å². The molecule has 0 aliphatic heterocycles. The van der Waals surface area contributed by atoms with E-state index in [1.807, 2.05) is 0 Å². The Bertz CT molecular complexity index is 102. The first kappa shape index (κ1) is 16.3. The van der Waals surface area contributed by atoms with E-state index in [9.17, 15) is 0 Å². The molecule has 0 fully saturated rings. The molecule has 80 valence electrons. The number of hydrogen-bond acceptors (Lipinski definition) is 1. The van der Waals surface area contributed by atoms with Crippen LogP contribution in [0.2, 0.25) is 8.87 Å². The molecule has 0 aliphatic rings. The third kappa shape index (κ3) is 32.2. The first-order valence-corrected chi connectivity index (χ1v) is 9.75. The molecule has 2 radical (unpaired) electrons. The van der Waals surface area contributed by atoms with Crippen molar-refractivity contribution in [3.63, 3.8) is 0 Å². The Morgan fingerprint density at radius 2 is 1.38 bits per heavy atom. The van der Waals surface area contributed by atoms with E-state index in [-0.39, 0.29) is 21.1 Å². The van der Waals surface area contributed by atoms with Crippen molar-refractivity contribution in [3.8, 4) is 0 Å². The van der Waals surface area contributed by atoms with Gasteiger partial charge in [0, 0.05) is 0 Å². The fourth-order valence-corrected chi connectivity index (χ4v) is 4.89. The molecule has 2 N–H and O–H groups in total. The molecule has 0 unspecified atom stereocenters. The van der Waals surface area contributed by atoms with Gasteiger partial charge in [-0.25, -0.2) is 0 Å². The van der Waals surface area contributed by atoms with E-state index >= 15 is 0 Å². The van der Waals surface area contributed by atoms with Crippen molar-refractivity contribution in [3.05, 3.63) is 0 Å². The van der Waals surface area contributed by atoms with Crippen LogP contribution in [0.4, 0.5) is 0 Å². The summed E-state index contributed by atoms with van der Waals surface area (Å²) < 4.78 is 26.1. The Morgan fingerprint density at radius 1 is 1.08 bits per heavy atom. The van der Waals surface area contributed by atoms with Crippen molar-refractivity contribution in [2.45, 2.75) is 48.4 Å². The monoisotopic (exact) mass is 316 g/mol. The standard InChI is InChI=1S/2C4H9.H2O3S.Sn/c2*1-3-4-2;1-4(2)3;/h2*1,3-4H2,2H3;(H2,1,2,3);. The van der Waals surface area contributed by atoms with Crippen molar-refractivity contribution in [2.24, 2.45) is 0 Å². The van der Waals surface area contributed by atoms with Crippen molar-refractivity contribution in [1.82, 2.24) is 0 Å². The van der Waals surface area contributed by atoms with Gasteiger partial charge in [0.05, 0.1) is 0 Å². The zero-order valence-electron chi connectivity index (χ0n) is 8.45. The minimum absolute atomic E-state index is 0.149. The van der Waals surface area contributed by atoms with E-state index < -0.39 is 11.4 Å². The molecule has 0 saturated carbocycles. The van der Waals surface area contributed by atoms with Crippen LogP contribution in [0.3, 0.4) is 0 Å². The second-order valence-corrected chi connectivity index (χ2v) is 7.43. The predicted molar refractivity (Wildman–Crippen MR) is 58.6 cm³/mol. The molecule has 5 heteroatoms. The van der Waals surface area contributed by atoms with Crippen LogP contribution in [0.25, 0.3) is 0 Å². The average molecular weight is 315 g/mol. The zero-order valence-corrected chi connectivity index (χ0v) is 12.1. The molecule has 0 aromatic rings. The number of unbranched alkanes of at least 4 members (excludes halogenated alkanes) is 2. The maximum atomic E-state index is 8.67. The van der Waals surface area contributed by atoms with E-state index in [0.29, 0.717) is 0 Å². The SMILES string of the molecule is CCC[CH2][Sn][CH2]CCC.O=S(O)O. The maximum Gasteiger partial charge on any atom is 0.299 e. The van der Waals surface area contributed by atoms with Crippen LogP contribution in [0.1, 0.15) is 39.5 Å². The third-order valence-corrected chi connectivity index (χ3v) is 5.45. The largest absolute Gasteiger partial charge is 0.299 e. The summed E-state index contributed by atoms with van der Waals surface area (Å²) in [6.07, 6.45) is 5.84. The van der Waals surface area contributed by atoms with E-state index in [1.165, 1.54) is 25.7 Å². The molecule has 0 saturated heterocycles. The third-order valence-electron chi connectivity index (χ3n) is 1.41. The van der Waals surface area contributed by atoms with Gasteiger partial charge in [0.25, 0.3) is 11.4 Å². The van der Waals surface area contributed by atoms with Crippen molar-refractivity contribution >= 4 is 32.5 Å². The smallest absolute Gasteiger partial charge is 0.284 e. The average Bonchev–Trinajstić information content (AvgIpc) is 2.03. The number of rotatable bonds is 6. The fourth-order valence-electron chi connectivity index (χ4n) is 0.729. The molecule has 0 spiro atoms. The van der Waals surface area contributed by atoms with Crippen LogP contribution in [-0.2, 0) is 11.4 Å². The Balaban J connectivity index is 0. The number of hydrogen-bond donors (Lipinski definition) is 2. The van der Waals surface area contributed by atoms with Crippen LogP contribution in [0.5, 0.6) is 0 Å². The minimum Gasteiger partial charge on any atom is -0.284 e. The maximum absolute atomic E-state index is 8.67. The second-order valence-electron chi connectivity index (χ2n) is 2.69. The summed E-state index contributed by atoms with van der Waals surface area (Å²) >= 11 is -2.46. The molecule has 3 nitrogen and oxygen atoms in total. The molecular weight excluding hydrogens is 295 g/mol. The van der Waals surface area contributed by atoms with Gasteiger partial charge in [-0.3, -0.25) is 9.11 Å². The van der Waals surface area contributed by atoms with Crippen LogP contribution in [0, 0.1) is 0 Å². The summed E-state index contributed by atoms with van der Waals surface area (Å²) in [5.74, 6) is 0. The second kappa shape index (κ2) is 15.3. The van der Waals surface area contributed by atoms with Crippen molar-refractivity contribution in [2.75, 3.05) is 0 Å². The van der Waals surface area contributed by atoms with E-state index in [1.54, 1.807) is 8.87 Å². The van der Waals surface area contributed by atoms with Crippen molar-refractivity contribution < 1.29 is 13.3 Å². The summed E-state index contributed by atoms with van der Waals surface area (Å²) in [6.45, 7) is 4.58. The molecule has 0 rings (SSSR count). The van der Waals surface area contributed by atoms with Crippen LogP contribution in [-0.4, -0.2) is 34.5 Å². The summed E-state index contributed by atoms with van der Waals surface area (Å²) in [7, 11) is 0. The Morgan fingerprint density at radius 3 is 1.62 bits per heavy atom. The van der Waals surface area contributed by atoms with Crippen LogP contribution >= 0.6 is 0 Å². The zero-order chi connectivity index (χ0) is 10.5. The van der Waals surface area contributed by atoms with Crippen LogP contribution < -0.4 is 0 Å². The van der Waals surface area contributed by atoms with E-state index in [2.05, 4.69) is 13.8 Å². The van der Waals surface area contributed by atoms with Crippen LogP contribution in [0.15, 0.2) is 0 Å². The Hall–Kier alpha value is 0.869. The van der Waals surface area contributed by atoms with Gasteiger partial charge in [-0.1, -0.05) is 0 Å². The quantitative estimate of drug-likeness (QED) is 0.450. The van der Waals surface area contributed by atoms with Gasteiger partial charge in [-0.15, -0.1) is 0 Å². The van der Waals surface area contributed by atoms with Gasteiger partial charge in [0.15, 0.2) is 0 Å². The predicted octanol–water partition coefficient (Wildman–Crippen LogP) is 2.81. The molecule has 0 heterocycles. The first-order chi connectivity index (χ1) is 6.15. The van der Waals surface area contributed by atoms with Gasteiger partial charge in [-0.2, -0.15) is 4.21 Å². The summed E-state index contributed by atoms with van der Waals surface area (Å²) in [5, 5.41) is 0. The molecule has 0 aromatic heterocycles. The molecule has 0 bridgehead atoms. The summed E-state index contributed by atoms with van der Waals surface area (Å²) in [6, 6.07) is 0. The van der Waals surface area contributed by atoms with Gasteiger partial charge in [-0.05, 0) is 0 Å². The topological polar surface area (TPSA) is 57.5 Å². The molecule has 0 amide bonds. The van der Waals surface area contributed by atoms with Crippen molar-refractivity contribution in [1.29, 1.82) is 0 Å². The van der Waals surface area contributed by atoms with Gasteiger partial charge >= 0.3 is 69.5 Å². The summed E-state index contributed by atoms with van der Waals surface area (Å²) in [5.41, 5.74) is 0. The fraction of sp³-hybridized carbons (Fsp3) is 1.00. The van der Waals surface area contributed by atoms with Gasteiger partial charge in [0.2, 0.25) is 0 Å². The van der Waals surface area contributed by atoms with Gasteiger partial charge < -0.3 is 0 Å². The molecular formula is C8H20O3SSn. The van der Waals surface area contributed by atoms with Gasteiger partial charge in [0.1, 0.15) is 0 Å². The molecule has 0 aliphatic carbocycles. The molecule has 0 aromatic carbocycles. The molecule has 13 heavy (non-hydrogen) atoms. The summed E-state index contributed by atoms with van der Waals surface area (Å²) in [4.78, 5) is 0. The van der Waals surface area contributed by atoms with E-state index in [4.69, 9.17) is 13.3 Å². The Kier molecular flexibility index (Phi) is 19.2. The normalized spacial score (nSPS) is 9.62. The first-order valence-electron chi connectivity index (χ1n) is 4.65. The van der Waals surface area contributed by atoms with E-state index in [0.717, 1.165) is 0 Å². The minimum atomic E-state index is -2.61.